The number of amides is 1. The lowest BCUT2D eigenvalue weighted by atomic mass is 10.0. The largest absolute Gasteiger partial charge is 0.472 e. The summed E-state index contributed by atoms with van der Waals surface area (Å²) in [6, 6.07) is -0.869. The van der Waals surface area contributed by atoms with Crippen molar-refractivity contribution in [3.63, 3.8) is 0 Å². The number of hydrogen-bond acceptors (Lipinski definition) is 5. The smallest absolute Gasteiger partial charge is 0.387 e. The lowest BCUT2D eigenvalue weighted by Gasteiger charge is -2.25. The maximum atomic E-state index is 13.0. The molecule has 1 amide bonds. The van der Waals surface area contributed by atoms with Crippen molar-refractivity contribution in [2.45, 2.75) is 283 Å². The van der Waals surface area contributed by atoms with E-state index >= 15 is 0 Å². The van der Waals surface area contributed by atoms with Gasteiger partial charge in [0, 0.05) is 6.42 Å². The van der Waals surface area contributed by atoms with Gasteiger partial charge in [0.15, 0.2) is 0 Å². The summed E-state index contributed by atoms with van der Waals surface area (Å²) in [5, 5.41) is 13.9. The maximum Gasteiger partial charge on any atom is 0.472 e. The fourth-order valence-corrected chi connectivity index (χ4v) is 9.81. The normalized spacial score (nSPS) is 14.5. The lowest BCUT2D eigenvalue weighted by Crippen LogP contribution is -2.45. The molecule has 0 aromatic rings. The third kappa shape index (κ3) is 62.5. The highest BCUT2D eigenvalue weighted by Gasteiger charge is 2.27. The summed E-state index contributed by atoms with van der Waals surface area (Å²) < 4.78 is 23.7. The van der Waals surface area contributed by atoms with Crippen molar-refractivity contribution < 1.29 is 32.9 Å². The number of phosphoric acid groups is 1. The number of aliphatic hydroxyl groups excluding tert-OH is 1. The molecule has 3 atom stereocenters. The van der Waals surface area contributed by atoms with Gasteiger partial charge in [-0.2, -0.15) is 0 Å². The van der Waals surface area contributed by atoms with Crippen molar-refractivity contribution in [2.24, 2.45) is 0 Å². The number of phosphoric ester groups is 1. The van der Waals surface area contributed by atoms with Crippen LogP contribution in [0.3, 0.4) is 0 Å². The monoisotopic (exact) mass is 1130 g/mol. The van der Waals surface area contributed by atoms with Gasteiger partial charge in [0.25, 0.3) is 0 Å². The van der Waals surface area contributed by atoms with Gasteiger partial charge in [-0.1, -0.05) is 289 Å². The number of likely N-dealkylation sites (N-methyl/N-ethyl adjacent to an activating group) is 1. The van der Waals surface area contributed by atoms with Gasteiger partial charge in [-0.15, -0.1) is 0 Å². The molecule has 80 heavy (non-hydrogen) atoms. The molecule has 0 aromatic heterocycles. The van der Waals surface area contributed by atoms with Gasteiger partial charge in [-0.25, -0.2) is 4.57 Å². The highest BCUT2D eigenvalue weighted by molar-refractivity contribution is 7.47. The Labute approximate surface area is 494 Å². The van der Waals surface area contributed by atoms with Crippen LogP contribution in [0.2, 0.25) is 0 Å². The van der Waals surface area contributed by atoms with Gasteiger partial charge in [-0.3, -0.25) is 13.8 Å². The first-order valence-electron chi connectivity index (χ1n) is 32.9. The molecule has 0 aliphatic heterocycles. The van der Waals surface area contributed by atoms with Crippen LogP contribution >= 0.6 is 7.82 Å². The molecular formula is C71H126N2O6P+. The minimum absolute atomic E-state index is 0.0527. The second-order valence-corrected chi connectivity index (χ2v) is 24.6. The van der Waals surface area contributed by atoms with Crippen LogP contribution in [-0.4, -0.2) is 73.4 Å². The molecule has 460 valence electrons. The van der Waals surface area contributed by atoms with Crippen molar-refractivity contribution in [2.75, 3.05) is 40.9 Å². The third-order valence-electron chi connectivity index (χ3n) is 14.2. The SMILES string of the molecule is CC/C=C\C/C=C\C/C=C\C/C=C\C/C=C\C/C=C\C/C=C\C/C=C\CCCCCCCCCCCCCCCCCCC(=O)NC(COP(=O)(O)OCC[N+](C)(C)C)C(O)/C=C/CC/C=C/CCCCCCCCCCCCC. The van der Waals surface area contributed by atoms with E-state index in [0.717, 1.165) is 89.9 Å². The molecule has 0 aromatic carbocycles. The Bertz CT molecular complexity index is 1720. The molecule has 0 fully saturated rings. The average molecular weight is 1130 g/mol. The third-order valence-corrected chi connectivity index (χ3v) is 15.1. The number of carbonyl (C=O) groups is 1. The number of carbonyl (C=O) groups excluding carboxylic acids is 1. The quantitative estimate of drug-likeness (QED) is 0.0243. The first-order valence-corrected chi connectivity index (χ1v) is 34.4. The summed E-state index contributed by atoms with van der Waals surface area (Å²) >= 11 is 0. The molecule has 0 rings (SSSR count). The molecule has 3 N–H and O–H groups in total. The van der Waals surface area contributed by atoms with Crippen LogP contribution in [0, 0.1) is 0 Å². The number of unbranched alkanes of at least 4 members (excludes halogenated alkanes) is 28. The van der Waals surface area contributed by atoms with Crippen molar-refractivity contribution in [3.8, 4) is 0 Å². The lowest BCUT2D eigenvalue weighted by molar-refractivity contribution is -0.870. The van der Waals surface area contributed by atoms with Crippen LogP contribution in [-0.2, 0) is 18.4 Å². The number of nitrogens with one attached hydrogen (secondary N) is 1. The molecule has 0 spiro atoms. The zero-order valence-electron chi connectivity index (χ0n) is 52.5. The molecule has 0 heterocycles. The van der Waals surface area contributed by atoms with Crippen LogP contribution in [0.25, 0.3) is 0 Å². The van der Waals surface area contributed by atoms with Gasteiger partial charge in [-0.05, 0) is 96.3 Å². The number of aliphatic hydroxyl groups is 1. The molecule has 3 unspecified atom stereocenters. The van der Waals surface area contributed by atoms with Crippen molar-refractivity contribution in [1.29, 1.82) is 0 Å². The van der Waals surface area contributed by atoms with E-state index in [1.165, 1.54) is 161 Å². The second-order valence-electron chi connectivity index (χ2n) is 23.1. The Kier molecular flexibility index (Phi) is 58.1. The first kappa shape index (κ1) is 76.9. The van der Waals surface area contributed by atoms with Gasteiger partial charge in [0.05, 0.1) is 39.9 Å². The number of rotatable bonds is 59. The van der Waals surface area contributed by atoms with Crippen LogP contribution in [0.1, 0.15) is 271 Å². The molecule has 8 nitrogen and oxygen atoms in total. The van der Waals surface area contributed by atoms with E-state index < -0.39 is 20.0 Å². The zero-order chi connectivity index (χ0) is 58.4. The first-order chi connectivity index (χ1) is 39.0. The second kappa shape index (κ2) is 60.5. The predicted molar refractivity (Wildman–Crippen MR) is 350 cm³/mol. The Morgan fingerprint density at radius 3 is 1.15 bits per heavy atom. The highest BCUT2D eigenvalue weighted by atomic mass is 31.2. The molecule has 0 radical (unpaired) electrons. The summed E-state index contributed by atoms with van der Waals surface area (Å²) in [6.07, 6.45) is 90.5. The Morgan fingerprint density at radius 2 is 0.762 bits per heavy atom. The van der Waals surface area contributed by atoms with E-state index in [0.29, 0.717) is 17.4 Å². The Morgan fingerprint density at radius 1 is 0.438 bits per heavy atom. The van der Waals surface area contributed by atoms with E-state index in [4.69, 9.17) is 9.05 Å². The zero-order valence-corrected chi connectivity index (χ0v) is 53.4. The van der Waals surface area contributed by atoms with Gasteiger partial charge in [0.1, 0.15) is 13.2 Å². The van der Waals surface area contributed by atoms with E-state index in [2.05, 4.69) is 129 Å². The summed E-state index contributed by atoms with van der Waals surface area (Å²) in [6.45, 7) is 4.69. The van der Waals surface area contributed by atoms with E-state index in [9.17, 15) is 19.4 Å². The maximum absolute atomic E-state index is 13.0. The number of quaternary nitrogens is 1. The standard InChI is InChI=1S/C71H125N2O6P/c1-6-8-10-12-14-16-18-20-22-24-25-26-27-28-29-30-31-32-33-34-35-36-37-38-39-40-41-42-43-44-45-46-47-49-51-53-55-57-59-61-63-65-71(75)72-69(68-79-80(76,77)78-67-66-73(3,4)5)70(74)64-62-60-58-56-54-52-50-48-23-21-19-17-15-13-11-9-7-2/h8,10,14,16,20,22,25-26,28-29,31-32,34-35,37-38,54,56,62,64,69-70,74H,6-7,9,11-13,15,17-19,21,23-24,27,30,33,36,39-53,55,57-61,63,65-68H2,1-5H3,(H-,72,75,76,77)/p+1/b10-8-,16-14-,22-20-,26-25-,29-28-,32-31-,35-34-,38-37-,56-54+,64-62+. The molecule has 0 saturated carbocycles. The predicted octanol–water partition coefficient (Wildman–Crippen LogP) is 20.9. The molecule has 0 bridgehead atoms. The fourth-order valence-electron chi connectivity index (χ4n) is 9.07. The average Bonchev–Trinajstić information content (AvgIpc) is 3.42. The van der Waals surface area contributed by atoms with Crippen molar-refractivity contribution in [1.82, 2.24) is 5.32 Å². The fraction of sp³-hybridized carbons (Fsp3) is 0.704. The summed E-state index contributed by atoms with van der Waals surface area (Å²) in [5.41, 5.74) is 0. The van der Waals surface area contributed by atoms with Crippen molar-refractivity contribution >= 4 is 13.7 Å². The molecule has 0 aliphatic carbocycles. The minimum Gasteiger partial charge on any atom is -0.387 e. The summed E-state index contributed by atoms with van der Waals surface area (Å²) in [5.74, 6) is -0.189. The summed E-state index contributed by atoms with van der Waals surface area (Å²) in [7, 11) is 1.55. The van der Waals surface area contributed by atoms with Gasteiger partial charge < -0.3 is 19.8 Å². The molecule has 0 aliphatic rings. The number of nitrogens with zero attached hydrogens (tertiary/aromatic N) is 1. The van der Waals surface area contributed by atoms with E-state index in [1.807, 2.05) is 27.2 Å². The topological polar surface area (TPSA) is 105 Å². The van der Waals surface area contributed by atoms with E-state index in [-0.39, 0.29) is 19.1 Å². The van der Waals surface area contributed by atoms with Crippen LogP contribution < -0.4 is 5.32 Å². The van der Waals surface area contributed by atoms with Gasteiger partial charge >= 0.3 is 7.82 Å². The Hall–Kier alpha value is -3.10. The Balaban J connectivity index is 4.04. The minimum atomic E-state index is -4.36. The molecule has 0 saturated heterocycles. The number of hydrogen-bond donors (Lipinski definition) is 3. The van der Waals surface area contributed by atoms with Gasteiger partial charge in [0.2, 0.25) is 5.91 Å². The number of allylic oxidation sites excluding steroid dienone is 19. The summed E-state index contributed by atoms with van der Waals surface area (Å²) in [4.78, 5) is 23.3. The van der Waals surface area contributed by atoms with Crippen molar-refractivity contribution in [3.05, 3.63) is 122 Å². The van der Waals surface area contributed by atoms with Crippen LogP contribution in [0.5, 0.6) is 0 Å². The van der Waals surface area contributed by atoms with Crippen LogP contribution in [0.4, 0.5) is 0 Å². The molecule has 9 heteroatoms. The highest BCUT2D eigenvalue weighted by Crippen LogP contribution is 2.43. The van der Waals surface area contributed by atoms with E-state index in [1.54, 1.807) is 6.08 Å². The van der Waals surface area contributed by atoms with Crippen LogP contribution in [0.15, 0.2) is 122 Å². The molecular weight excluding hydrogens is 1010 g/mol.